The fourth-order valence-electron chi connectivity index (χ4n) is 2.28. The molecule has 0 aliphatic heterocycles. The Labute approximate surface area is 117 Å². The van der Waals surface area contributed by atoms with Gasteiger partial charge in [0.05, 0.1) is 11.6 Å². The number of pyridine rings is 1. The van der Waals surface area contributed by atoms with E-state index in [2.05, 4.69) is 17.2 Å². The lowest BCUT2D eigenvalue weighted by molar-refractivity contribution is 0.467. The van der Waals surface area contributed by atoms with Crippen LogP contribution in [0.2, 0.25) is 0 Å². The Morgan fingerprint density at radius 2 is 2.05 bits per heavy atom. The second-order valence-electron chi connectivity index (χ2n) is 4.95. The number of hydrogen-bond acceptors (Lipinski definition) is 4. The summed E-state index contributed by atoms with van der Waals surface area (Å²) in [5.74, 6) is 1.84. The topological polar surface area (TPSA) is 64.1 Å². The molecule has 102 valence electrons. The maximum atomic E-state index is 5.79. The minimum atomic E-state index is 0.0897. The van der Waals surface area contributed by atoms with Crippen LogP contribution in [0.3, 0.4) is 0 Å². The number of anilines is 2. The molecule has 2 heterocycles. The molecule has 2 aromatic heterocycles. The molecule has 4 nitrogen and oxygen atoms in total. The van der Waals surface area contributed by atoms with Gasteiger partial charge in [0.1, 0.15) is 11.5 Å². The molecule has 1 aromatic carbocycles. The first-order valence-electron chi connectivity index (χ1n) is 6.60. The molecule has 20 heavy (non-hydrogen) atoms. The lowest BCUT2D eigenvalue weighted by Crippen LogP contribution is -2.06. The van der Waals surface area contributed by atoms with E-state index in [0.29, 0.717) is 0 Å². The number of nitrogens with zero attached hydrogens (tertiary/aromatic N) is 1. The molecule has 0 bridgehead atoms. The maximum Gasteiger partial charge on any atom is 0.126 e. The smallest absolute Gasteiger partial charge is 0.126 e. The molecule has 0 saturated heterocycles. The number of benzene rings is 1. The molecule has 1 unspecified atom stereocenters. The number of rotatable bonds is 3. The van der Waals surface area contributed by atoms with Gasteiger partial charge in [-0.1, -0.05) is 0 Å². The van der Waals surface area contributed by atoms with Crippen molar-refractivity contribution in [3.8, 4) is 0 Å². The van der Waals surface area contributed by atoms with Crippen molar-refractivity contribution in [2.24, 2.45) is 0 Å². The summed E-state index contributed by atoms with van der Waals surface area (Å²) in [7, 11) is 0. The van der Waals surface area contributed by atoms with E-state index in [0.717, 1.165) is 33.8 Å². The van der Waals surface area contributed by atoms with Crippen LogP contribution in [0.1, 0.15) is 24.5 Å². The van der Waals surface area contributed by atoms with Gasteiger partial charge in [0.25, 0.3) is 0 Å². The minimum Gasteiger partial charge on any atom is -0.464 e. The molecule has 3 N–H and O–H groups in total. The third kappa shape index (κ3) is 2.32. The van der Waals surface area contributed by atoms with Gasteiger partial charge in [0.15, 0.2) is 0 Å². The van der Waals surface area contributed by atoms with Crippen LogP contribution in [0.4, 0.5) is 11.4 Å². The first kappa shape index (κ1) is 12.5. The van der Waals surface area contributed by atoms with Crippen LogP contribution in [0, 0.1) is 6.92 Å². The fraction of sp³-hybridized carbons (Fsp3) is 0.188. The van der Waals surface area contributed by atoms with Gasteiger partial charge in [0.2, 0.25) is 0 Å². The summed E-state index contributed by atoms with van der Waals surface area (Å²) in [5, 5.41) is 4.51. The Kier molecular flexibility index (Phi) is 3.06. The van der Waals surface area contributed by atoms with Gasteiger partial charge in [-0.2, -0.15) is 0 Å². The molecule has 1 atom stereocenters. The van der Waals surface area contributed by atoms with Crippen LogP contribution < -0.4 is 11.1 Å². The van der Waals surface area contributed by atoms with E-state index in [1.165, 1.54) is 0 Å². The van der Waals surface area contributed by atoms with E-state index in [-0.39, 0.29) is 6.04 Å². The summed E-state index contributed by atoms with van der Waals surface area (Å²) < 4.78 is 5.65. The van der Waals surface area contributed by atoms with Gasteiger partial charge in [-0.05, 0) is 50.2 Å². The Hall–Kier alpha value is -2.49. The predicted octanol–water partition coefficient (Wildman–Crippen LogP) is 3.89. The maximum absolute atomic E-state index is 5.79. The first-order valence-corrected chi connectivity index (χ1v) is 6.60. The highest BCUT2D eigenvalue weighted by molar-refractivity contribution is 5.92. The van der Waals surface area contributed by atoms with Gasteiger partial charge < -0.3 is 15.5 Å². The first-order chi connectivity index (χ1) is 9.63. The van der Waals surface area contributed by atoms with Crippen LogP contribution >= 0.6 is 0 Å². The zero-order chi connectivity index (χ0) is 14.1. The van der Waals surface area contributed by atoms with E-state index in [1.807, 2.05) is 43.3 Å². The van der Waals surface area contributed by atoms with Crippen LogP contribution in [-0.4, -0.2) is 4.98 Å². The molecular formula is C16H17N3O. The molecule has 0 aliphatic carbocycles. The van der Waals surface area contributed by atoms with Gasteiger partial charge in [-0.15, -0.1) is 0 Å². The molecule has 0 radical (unpaired) electrons. The zero-order valence-corrected chi connectivity index (χ0v) is 11.6. The van der Waals surface area contributed by atoms with Crippen LogP contribution in [0.5, 0.6) is 0 Å². The minimum absolute atomic E-state index is 0.0897. The normalized spacial score (nSPS) is 12.5. The number of nitrogens with two attached hydrogens (primary N) is 1. The molecule has 3 aromatic rings. The van der Waals surface area contributed by atoms with E-state index in [9.17, 15) is 0 Å². The summed E-state index contributed by atoms with van der Waals surface area (Å²) in [5.41, 5.74) is 8.42. The Balaban J connectivity index is 1.94. The van der Waals surface area contributed by atoms with Gasteiger partial charge in [-0.3, -0.25) is 4.98 Å². The third-order valence-electron chi connectivity index (χ3n) is 3.33. The van der Waals surface area contributed by atoms with Crippen molar-refractivity contribution in [3.63, 3.8) is 0 Å². The lowest BCUT2D eigenvalue weighted by Gasteiger charge is -2.15. The van der Waals surface area contributed by atoms with Crippen LogP contribution in [0.25, 0.3) is 10.9 Å². The van der Waals surface area contributed by atoms with Crippen molar-refractivity contribution in [1.82, 2.24) is 4.98 Å². The number of hydrogen-bond donors (Lipinski definition) is 2. The second kappa shape index (κ2) is 4.89. The van der Waals surface area contributed by atoms with Crippen molar-refractivity contribution in [3.05, 3.63) is 54.1 Å². The van der Waals surface area contributed by atoms with Gasteiger partial charge in [0, 0.05) is 23.0 Å². The summed E-state index contributed by atoms with van der Waals surface area (Å²) in [4.78, 5) is 4.34. The number of aryl methyl sites for hydroxylation is 1. The summed E-state index contributed by atoms with van der Waals surface area (Å²) in [6, 6.07) is 11.8. The van der Waals surface area contributed by atoms with E-state index < -0.39 is 0 Å². The molecule has 0 fully saturated rings. The number of furan rings is 1. The molecule has 3 rings (SSSR count). The number of aromatic nitrogens is 1. The average Bonchev–Trinajstić information content (AvgIpc) is 2.85. The number of nitrogen functional groups attached to an aromatic ring is 1. The SMILES string of the molecule is Cc1ccc(C(C)Nc2ccnc3cc(N)ccc23)o1. The Morgan fingerprint density at radius 1 is 1.20 bits per heavy atom. The Morgan fingerprint density at radius 3 is 2.80 bits per heavy atom. The van der Waals surface area contributed by atoms with Gasteiger partial charge >= 0.3 is 0 Å². The highest BCUT2D eigenvalue weighted by atomic mass is 16.3. The van der Waals surface area contributed by atoms with Crippen molar-refractivity contribution in [1.29, 1.82) is 0 Å². The van der Waals surface area contributed by atoms with Crippen molar-refractivity contribution < 1.29 is 4.42 Å². The third-order valence-corrected chi connectivity index (χ3v) is 3.33. The van der Waals surface area contributed by atoms with Crippen molar-refractivity contribution in [2.45, 2.75) is 19.9 Å². The molecule has 0 spiro atoms. The van der Waals surface area contributed by atoms with Crippen LogP contribution in [-0.2, 0) is 0 Å². The van der Waals surface area contributed by atoms with Crippen molar-refractivity contribution >= 4 is 22.3 Å². The summed E-state index contributed by atoms with van der Waals surface area (Å²) in [6.45, 7) is 4.02. The second-order valence-corrected chi connectivity index (χ2v) is 4.95. The van der Waals surface area contributed by atoms with E-state index in [4.69, 9.17) is 10.2 Å². The Bertz CT molecular complexity index is 748. The zero-order valence-electron chi connectivity index (χ0n) is 11.6. The highest BCUT2D eigenvalue weighted by Crippen LogP contribution is 2.27. The molecule has 0 amide bonds. The fourth-order valence-corrected chi connectivity index (χ4v) is 2.28. The van der Waals surface area contributed by atoms with Crippen molar-refractivity contribution in [2.75, 3.05) is 11.1 Å². The summed E-state index contributed by atoms with van der Waals surface area (Å²) >= 11 is 0. The summed E-state index contributed by atoms with van der Waals surface area (Å²) in [6.07, 6.45) is 1.78. The molecular weight excluding hydrogens is 250 g/mol. The van der Waals surface area contributed by atoms with Gasteiger partial charge in [-0.25, -0.2) is 0 Å². The van der Waals surface area contributed by atoms with Crippen LogP contribution in [0.15, 0.2) is 47.0 Å². The number of nitrogens with one attached hydrogen (secondary N) is 1. The van der Waals surface area contributed by atoms with E-state index in [1.54, 1.807) is 6.20 Å². The molecule has 4 heteroatoms. The molecule has 0 aliphatic rings. The lowest BCUT2D eigenvalue weighted by atomic mass is 10.1. The predicted molar refractivity (Wildman–Crippen MR) is 81.6 cm³/mol. The van der Waals surface area contributed by atoms with E-state index >= 15 is 0 Å². The quantitative estimate of drug-likeness (QED) is 0.706. The largest absolute Gasteiger partial charge is 0.464 e. The molecule has 0 saturated carbocycles. The number of fused-ring (bicyclic) bond motifs is 1. The highest BCUT2D eigenvalue weighted by Gasteiger charge is 2.11. The average molecular weight is 267 g/mol. The standard InChI is InChI=1S/C16H17N3O/c1-10-3-6-16(20-10)11(2)19-14-7-8-18-15-9-12(17)4-5-13(14)15/h3-9,11H,17H2,1-2H3,(H,18,19). The monoisotopic (exact) mass is 267 g/mol.